The summed E-state index contributed by atoms with van der Waals surface area (Å²) in [4.78, 5) is 3.86. The van der Waals surface area contributed by atoms with Crippen LogP contribution in [0.4, 0.5) is 19.0 Å². The van der Waals surface area contributed by atoms with Gasteiger partial charge in [-0.2, -0.15) is 13.2 Å². The molecule has 0 radical (unpaired) electrons. The van der Waals surface area contributed by atoms with Crippen LogP contribution in [-0.4, -0.2) is 11.0 Å². The largest absolute Gasteiger partial charge is 0.417 e. The topological polar surface area (TPSA) is 24.9 Å². The van der Waals surface area contributed by atoms with Crippen molar-refractivity contribution in [3.8, 4) is 0 Å². The van der Waals surface area contributed by atoms with Crippen molar-refractivity contribution in [1.82, 2.24) is 4.98 Å². The molecule has 0 bridgehead atoms. The first-order chi connectivity index (χ1) is 10.3. The van der Waals surface area contributed by atoms with Crippen LogP contribution in [-0.2, 0) is 6.18 Å². The minimum Gasteiger partial charge on any atom is -0.366 e. The number of pyridine rings is 1. The zero-order valence-electron chi connectivity index (χ0n) is 12.7. The molecule has 0 aromatic carbocycles. The number of aromatic nitrogens is 1. The Bertz CT molecular complexity index is 575. The number of halogens is 4. The third-order valence-electron chi connectivity index (χ3n) is 5.52. The number of hydrogen-bond acceptors (Lipinski definition) is 2. The summed E-state index contributed by atoms with van der Waals surface area (Å²) in [5, 5.41) is 3.25. The molecule has 22 heavy (non-hydrogen) atoms. The van der Waals surface area contributed by atoms with Gasteiger partial charge in [-0.3, -0.25) is 0 Å². The van der Waals surface area contributed by atoms with Crippen LogP contribution in [0.15, 0.2) is 12.3 Å². The first kappa shape index (κ1) is 15.9. The minimum absolute atomic E-state index is 0.0314. The molecule has 122 valence electrons. The second kappa shape index (κ2) is 5.29. The molecule has 2 aliphatic carbocycles. The molecule has 0 aliphatic heterocycles. The van der Waals surface area contributed by atoms with Crippen LogP contribution in [0.2, 0.25) is 5.02 Å². The minimum atomic E-state index is -4.41. The highest BCUT2D eigenvalue weighted by molar-refractivity contribution is 6.33. The zero-order valence-corrected chi connectivity index (χ0v) is 13.4. The van der Waals surface area contributed by atoms with E-state index in [-0.39, 0.29) is 11.1 Å². The molecular weight excluding hydrogens is 313 g/mol. The van der Waals surface area contributed by atoms with E-state index in [1.165, 1.54) is 19.3 Å². The summed E-state index contributed by atoms with van der Waals surface area (Å²) in [6, 6.07) is 1.19. The molecule has 1 aromatic heterocycles. The van der Waals surface area contributed by atoms with Crippen LogP contribution < -0.4 is 5.32 Å². The predicted octanol–water partition coefficient (Wildman–Crippen LogP) is 5.38. The lowest BCUT2D eigenvalue weighted by molar-refractivity contribution is -0.137. The molecule has 2 aliphatic rings. The van der Waals surface area contributed by atoms with Gasteiger partial charge in [0.15, 0.2) is 0 Å². The van der Waals surface area contributed by atoms with Crippen LogP contribution in [0, 0.1) is 17.3 Å². The maximum Gasteiger partial charge on any atom is 0.417 e. The highest BCUT2D eigenvalue weighted by Gasteiger charge is 2.65. The van der Waals surface area contributed by atoms with Crippen LogP contribution >= 0.6 is 11.6 Å². The maximum absolute atomic E-state index is 12.6. The van der Waals surface area contributed by atoms with Gasteiger partial charge < -0.3 is 5.32 Å². The average Bonchev–Trinajstić information content (AvgIpc) is 3.15. The van der Waals surface area contributed by atoms with E-state index in [1.807, 2.05) is 0 Å². The normalized spacial score (nSPS) is 33.6. The van der Waals surface area contributed by atoms with Gasteiger partial charge in [-0.25, -0.2) is 4.98 Å². The van der Waals surface area contributed by atoms with Gasteiger partial charge in [0, 0.05) is 12.2 Å². The quantitative estimate of drug-likeness (QED) is 0.800. The smallest absolute Gasteiger partial charge is 0.366 e. The summed E-state index contributed by atoms with van der Waals surface area (Å²) in [5.41, 5.74) is -0.349. The van der Waals surface area contributed by atoms with Crippen molar-refractivity contribution in [3.63, 3.8) is 0 Å². The predicted molar refractivity (Wildman–Crippen MR) is 80.9 cm³/mol. The molecule has 2 fully saturated rings. The highest BCUT2D eigenvalue weighted by atomic mass is 35.5. The SMILES string of the molecule is CCCC1CC12CC(Nc1ncc(C(F)(F)F)cc1Cl)C2C. The van der Waals surface area contributed by atoms with Gasteiger partial charge in [0.1, 0.15) is 5.82 Å². The molecule has 0 amide bonds. The van der Waals surface area contributed by atoms with Crippen LogP contribution in [0.25, 0.3) is 0 Å². The molecule has 1 heterocycles. The number of hydrogen-bond donors (Lipinski definition) is 1. The van der Waals surface area contributed by atoms with E-state index in [4.69, 9.17) is 11.6 Å². The Morgan fingerprint density at radius 3 is 2.68 bits per heavy atom. The van der Waals surface area contributed by atoms with Gasteiger partial charge in [0.25, 0.3) is 0 Å². The number of alkyl halides is 3. The Morgan fingerprint density at radius 1 is 1.41 bits per heavy atom. The first-order valence-corrected chi connectivity index (χ1v) is 8.15. The lowest BCUT2D eigenvalue weighted by Crippen LogP contribution is -2.47. The number of anilines is 1. The van der Waals surface area contributed by atoms with Gasteiger partial charge in [0.05, 0.1) is 10.6 Å². The lowest BCUT2D eigenvalue weighted by atomic mass is 9.65. The summed E-state index contributed by atoms with van der Waals surface area (Å²) in [5.74, 6) is 1.69. The van der Waals surface area contributed by atoms with Crippen molar-refractivity contribution in [3.05, 3.63) is 22.8 Å². The van der Waals surface area contributed by atoms with E-state index in [1.54, 1.807) is 0 Å². The summed E-state index contributed by atoms with van der Waals surface area (Å²) < 4.78 is 37.8. The fourth-order valence-electron chi connectivity index (χ4n) is 4.01. The fraction of sp³-hybridized carbons (Fsp3) is 0.688. The summed E-state index contributed by atoms with van der Waals surface area (Å²) >= 11 is 5.95. The maximum atomic E-state index is 12.6. The van der Waals surface area contributed by atoms with Crippen molar-refractivity contribution < 1.29 is 13.2 Å². The second-order valence-corrected chi connectivity index (χ2v) is 7.13. The van der Waals surface area contributed by atoms with E-state index < -0.39 is 11.7 Å². The van der Waals surface area contributed by atoms with Crippen molar-refractivity contribution in [2.75, 3.05) is 5.32 Å². The molecule has 6 heteroatoms. The molecule has 1 aromatic rings. The highest BCUT2D eigenvalue weighted by Crippen LogP contribution is 2.70. The molecule has 3 rings (SSSR count). The van der Waals surface area contributed by atoms with Crippen molar-refractivity contribution in [2.45, 2.75) is 51.7 Å². The third-order valence-corrected chi connectivity index (χ3v) is 5.81. The Kier molecular flexibility index (Phi) is 3.83. The number of nitrogens with one attached hydrogen (secondary N) is 1. The van der Waals surface area contributed by atoms with Gasteiger partial charge in [0.2, 0.25) is 0 Å². The molecule has 4 unspecified atom stereocenters. The van der Waals surface area contributed by atoms with E-state index in [0.29, 0.717) is 17.2 Å². The van der Waals surface area contributed by atoms with E-state index >= 15 is 0 Å². The first-order valence-electron chi connectivity index (χ1n) is 7.77. The van der Waals surface area contributed by atoms with Gasteiger partial charge in [-0.1, -0.05) is 38.3 Å². The monoisotopic (exact) mass is 332 g/mol. The van der Waals surface area contributed by atoms with Gasteiger partial charge in [-0.05, 0) is 36.2 Å². The van der Waals surface area contributed by atoms with Crippen molar-refractivity contribution in [2.24, 2.45) is 17.3 Å². The summed E-state index contributed by atoms with van der Waals surface area (Å²) in [7, 11) is 0. The van der Waals surface area contributed by atoms with Crippen LogP contribution in [0.5, 0.6) is 0 Å². The lowest BCUT2D eigenvalue weighted by Gasteiger charge is -2.45. The fourth-order valence-corrected chi connectivity index (χ4v) is 4.23. The van der Waals surface area contributed by atoms with Gasteiger partial charge in [-0.15, -0.1) is 0 Å². The van der Waals surface area contributed by atoms with Crippen LogP contribution in [0.3, 0.4) is 0 Å². The Balaban J connectivity index is 1.64. The molecule has 0 saturated heterocycles. The second-order valence-electron chi connectivity index (χ2n) is 6.72. The van der Waals surface area contributed by atoms with Crippen LogP contribution in [0.1, 0.15) is 45.1 Å². The van der Waals surface area contributed by atoms with E-state index in [2.05, 4.69) is 24.1 Å². The molecule has 1 N–H and O–H groups in total. The Labute approximate surface area is 133 Å². The Hall–Kier alpha value is -0.970. The molecule has 2 saturated carbocycles. The summed E-state index contributed by atoms with van der Waals surface area (Å²) in [6.07, 6.45) is 1.26. The zero-order chi connectivity index (χ0) is 16.1. The van der Waals surface area contributed by atoms with E-state index in [9.17, 15) is 13.2 Å². The molecular formula is C16H20ClF3N2. The average molecular weight is 333 g/mol. The standard InChI is InChI=1S/C16H20ClF3N2/c1-3-4-10-6-15(10)7-13(9(15)2)22-14-12(17)5-11(8-21-14)16(18,19)20/h5,8-10,13H,3-4,6-7H2,1-2H3,(H,21,22). The molecule has 4 atom stereocenters. The number of nitrogens with zero attached hydrogens (tertiary/aromatic N) is 1. The van der Waals surface area contributed by atoms with Crippen molar-refractivity contribution >= 4 is 17.4 Å². The molecule has 2 nitrogen and oxygen atoms in total. The number of rotatable bonds is 4. The third kappa shape index (κ3) is 2.57. The van der Waals surface area contributed by atoms with Gasteiger partial charge >= 0.3 is 6.18 Å². The Morgan fingerprint density at radius 2 is 2.14 bits per heavy atom. The van der Waals surface area contributed by atoms with E-state index in [0.717, 1.165) is 24.6 Å². The molecule has 1 spiro atoms. The van der Waals surface area contributed by atoms with Crippen molar-refractivity contribution in [1.29, 1.82) is 0 Å². The summed E-state index contributed by atoms with van der Waals surface area (Å²) in [6.45, 7) is 4.42.